The van der Waals surface area contributed by atoms with Gasteiger partial charge in [0.2, 0.25) is 0 Å². The molecular weight excluding hydrogens is 270 g/mol. The SMILES string of the molecule is COc1ccc(-c2nc(C3CCNCC3)no2)cc1OC. The lowest BCUT2D eigenvalue weighted by Gasteiger charge is -2.18. The van der Waals surface area contributed by atoms with Gasteiger partial charge in [0.05, 0.1) is 14.2 Å². The molecule has 1 aliphatic rings. The van der Waals surface area contributed by atoms with E-state index in [9.17, 15) is 0 Å². The van der Waals surface area contributed by atoms with Gasteiger partial charge in [0.15, 0.2) is 17.3 Å². The molecule has 1 aliphatic heterocycles. The third-order valence-electron chi connectivity index (χ3n) is 3.78. The highest BCUT2D eigenvalue weighted by Gasteiger charge is 2.21. The number of rotatable bonds is 4. The van der Waals surface area contributed by atoms with Crippen LogP contribution in [0.25, 0.3) is 11.5 Å². The Hall–Kier alpha value is -2.08. The first-order valence-electron chi connectivity index (χ1n) is 7.08. The van der Waals surface area contributed by atoms with Gasteiger partial charge in [-0.1, -0.05) is 5.16 Å². The van der Waals surface area contributed by atoms with E-state index in [4.69, 9.17) is 14.0 Å². The summed E-state index contributed by atoms with van der Waals surface area (Å²) in [6.45, 7) is 2.01. The van der Waals surface area contributed by atoms with Crippen molar-refractivity contribution >= 4 is 0 Å². The zero-order valence-electron chi connectivity index (χ0n) is 12.3. The number of methoxy groups -OCH3 is 2. The lowest BCUT2D eigenvalue weighted by Crippen LogP contribution is -2.27. The van der Waals surface area contributed by atoms with Gasteiger partial charge in [0, 0.05) is 11.5 Å². The molecule has 1 aromatic carbocycles. The van der Waals surface area contributed by atoms with E-state index in [2.05, 4.69) is 15.5 Å². The van der Waals surface area contributed by atoms with Gasteiger partial charge in [-0.05, 0) is 44.1 Å². The lowest BCUT2D eigenvalue weighted by molar-refractivity contribution is 0.354. The molecule has 6 heteroatoms. The number of aromatic nitrogens is 2. The summed E-state index contributed by atoms with van der Waals surface area (Å²) in [7, 11) is 3.22. The first-order valence-corrected chi connectivity index (χ1v) is 7.08. The molecule has 0 saturated carbocycles. The highest BCUT2D eigenvalue weighted by atomic mass is 16.5. The third-order valence-corrected chi connectivity index (χ3v) is 3.78. The van der Waals surface area contributed by atoms with Crippen molar-refractivity contribution in [2.75, 3.05) is 27.3 Å². The molecule has 0 amide bonds. The van der Waals surface area contributed by atoms with E-state index < -0.39 is 0 Å². The largest absolute Gasteiger partial charge is 0.493 e. The molecule has 6 nitrogen and oxygen atoms in total. The minimum Gasteiger partial charge on any atom is -0.493 e. The fourth-order valence-electron chi connectivity index (χ4n) is 2.57. The van der Waals surface area contributed by atoms with Crippen LogP contribution in [0.15, 0.2) is 22.7 Å². The van der Waals surface area contributed by atoms with Crippen LogP contribution in [0.1, 0.15) is 24.6 Å². The third kappa shape index (κ3) is 2.85. The smallest absolute Gasteiger partial charge is 0.258 e. The van der Waals surface area contributed by atoms with Crippen molar-refractivity contribution in [2.45, 2.75) is 18.8 Å². The first-order chi connectivity index (χ1) is 10.3. The van der Waals surface area contributed by atoms with Gasteiger partial charge in [0.25, 0.3) is 5.89 Å². The zero-order chi connectivity index (χ0) is 14.7. The van der Waals surface area contributed by atoms with Gasteiger partial charge in [-0.25, -0.2) is 0 Å². The molecule has 112 valence electrons. The predicted octanol–water partition coefficient (Wildman–Crippen LogP) is 2.22. The topological polar surface area (TPSA) is 69.4 Å². The molecule has 1 fully saturated rings. The number of piperidine rings is 1. The van der Waals surface area contributed by atoms with Crippen molar-refractivity contribution in [1.82, 2.24) is 15.5 Å². The van der Waals surface area contributed by atoms with Gasteiger partial charge in [-0.2, -0.15) is 4.98 Å². The summed E-state index contributed by atoms with van der Waals surface area (Å²) in [6.07, 6.45) is 2.09. The van der Waals surface area contributed by atoms with Crippen LogP contribution in [0.4, 0.5) is 0 Å². The van der Waals surface area contributed by atoms with Gasteiger partial charge in [-0.3, -0.25) is 0 Å². The van der Waals surface area contributed by atoms with Crippen molar-refractivity contribution in [3.63, 3.8) is 0 Å². The van der Waals surface area contributed by atoms with Crippen LogP contribution in [0.5, 0.6) is 11.5 Å². The zero-order valence-corrected chi connectivity index (χ0v) is 12.3. The molecule has 1 aromatic heterocycles. The minimum absolute atomic E-state index is 0.379. The van der Waals surface area contributed by atoms with Crippen LogP contribution < -0.4 is 14.8 Å². The molecule has 3 rings (SSSR count). The molecular formula is C15H19N3O3. The van der Waals surface area contributed by atoms with E-state index in [1.165, 1.54) is 0 Å². The molecule has 2 heterocycles. The first kappa shape index (κ1) is 13.9. The van der Waals surface area contributed by atoms with Crippen molar-refractivity contribution in [1.29, 1.82) is 0 Å². The summed E-state index contributed by atoms with van der Waals surface area (Å²) in [5.74, 6) is 3.02. The molecule has 0 radical (unpaired) electrons. The second kappa shape index (κ2) is 6.13. The van der Waals surface area contributed by atoms with Crippen LogP contribution in [-0.2, 0) is 0 Å². The number of nitrogens with one attached hydrogen (secondary N) is 1. The quantitative estimate of drug-likeness (QED) is 0.930. The number of hydrogen-bond donors (Lipinski definition) is 1. The second-order valence-electron chi connectivity index (χ2n) is 5.05. The summed E-state index contributed by atoms with van der Waals surface area (Å²) in [4.78, 5) is 4.53. The summed E-state index contributed by atoms with van der Waals surface area (Å²) in [5, 5.41) is 7.46. The van der Waals surface area contributed by atoms with Crippen molar-refractivity contribution in [3.8, 4) is 23.0 Å². The Labute approximate surface area is 123 Å². The molecule has 1 saturated heterocycles. The standard InChI is InChI=1S/C15H19N3O3/c1-19-12-4-3-11(9-13(12)20-2)15-17-14(18-21-15)10-5-7-16-8-6-10/h3-4,9-10,16H,5-8H2,1-2H3. The molecule has 2 aromatic rings. The van der Waals surface area contributed by atoms with Gasteiger partial charge < -0.3 is 19.3 Å². The maximum Gasteiger partial charge on any atom is 0.258 e. The van der Waals surface area contributed by atoms with Crippen LogP contribution in [-0.4, -0.2) is 37.4 Å². The number of hydrogen-bond acceptors (Lipinski definition) is 6. The predicted molar refractivity (Wildman–Crippen MR) is 77.7 cm³/mol. The minimum atomic E-state index is 0.379. The highest BCUT2D eigenvalue weighted by Crippen LogP contribution is 2.32. The van der Waals surface area contributed by atoms with E-state index in [0.717, 1.165) is 37.3 Å². The van der Waals surface area contributed by atoms with Crippen molar-refractivity contribution in [3.05, 3.63) is 24.0 Å². The van der Waals surface area contributed by atoms with E-state index in [1.54, 1.807) is 14.2 Å². The summed E-state index contributed by atoms with van der Waals surface area (Å²) >= 11 is 0. The average molecular weight is 289 g/mol. The molecule has 0 unspecified atom stereocenters. The monoisotopic (exact) mass is 289 g/mol. The molecule has 0 atom stereocenters. The molecule has 1 N–H and O–H groups in total. The summed E-state index contributed by atoms with van der Waals surface area (Å²) in [6, 6.07) is 5.57. The summed E-state index contributed by atoms with van der Waals surface area (Å²) < 4.78 is 15.9. The Kier molecular flexibility index (Phi) is 4.06. The van der Waals surface area contributed by atoms with Crippen LogP contribution in [0, 0.1) is 0 Å². The van der Waals surface area contributed by atoms with E-state index in [-0.39, 0.29) is 0 Å². The Bertz CT molecular complexity index is 606. The number of benzene rings is 1. The Morgan fingerprint density at radius 1 is 1.14 bits per heavy atom. The maximum absolute atomic E-state index is 5.40. The van der Waals surface area contributed by atoms with Gasteiger partial charge in [-0.15, -0.1) is 0 Å². The van der Waals surface area contributed by atoms with Crippen molar-refractivity contribution in [2.24, 2.45) is 0 Å². The van der Waals surface area contributed by atoms with Crippen LogP contribution in [0.3, 0.4) is 0 Å². The Morgan fingerprint density at radius 2 is 1.90 bits per heavy atom. The fourth-order valence-corrected chi connectivity index (χ4v) is 2.57. The molecule has 21 heavy (non-hydrogen) atoms. The Balaban J connectivity index is 1.85. The maximum atomic E-state index is 5.40. The van der Waals surface area contributed by atoms with Gasteiger partial charge in [0.1, 0.15) is 0 Å². The number of nitrogens with zero attached hydrogens (tertiary/aromatic N) is 2. The van der Waals surface area contributed by atoms with Crippen LogP contribution in [0.2, 0.25) is 0 Å². The second-order valence-corrected chi connectivity index (χ2v) is 5.05. The molecule has 0 spiro atoms. The Morgan fingerprint density at radius 3 is 2.62 bits per heavy atom. The number of ether oxygens (including phenoxy) is 2. The highest BCUT2D eigenvalue weighted by molar-refractivity contribution is 5.59. The van der Waals surface area contributed by atoms with Crippen LogP contribution >= 0.6 is 0 Å². The van der Waals surface area contributed by atoms with Gasteiger partial charge >= 0.3 is 0 Å². The normalized spacial score (nSPS) is 15.9. The summed E-state index contributed by atoms with van der Waals surface area (Å²) in [5.41, 5.74) is 0.834. The lowest BCUT2D eigenvalue weighted by atomic mass is 9.98. The fraction of sp³-hybridized carbons (Fsp3) is 0.467. The molecule has 0 aliphatic carbocycles. The van der Waals surface area contributed by atoms with E-state index in [1.807, 2.05) is 18.2 Å². The molecule has 0 bridgehead atoms. The van der Waals surface area contributed by atoms with Crippen molar-refractivity contribution < 1.29 is 14.0 Å². The average Bonchev–Trinajstić information content (AvgIpc) is 3.05. The van der Waals surface area contributed by atoms with E-state index >= 15 is 0 Å². The van der Waals surface area contributed by atoms with E-state index in [0.29, 0.717) is 23.3 Å².